The summed E-state index contributed by atoms with van der Waals surface area (Å²) in [7, 11) is 6.39. The van der Waals surface area contributed by atoms with Crippen LogP contribution in [0.5, 0.6) is 23.0 Å². The lowest BCUT2D eigenvalue weighted by Crippen LogP contribution is -1.95. The van der Waals surface area contributed by atoms with Crippen LogP contribution in [0.15, 0.2) is 109 Å². The van der Waals surface area contributed by atoms with E-state index >= 15 is 0 Å². The topological polar surface area (TPSA) is 136 Å². The summed E-state index contributed by atoms with van der Waals surface area (Å²) >= 11 is 0. The second-order valence-electron chi connectivity index (χ2n) is 10.0. The summed E-state index contributed by atoms with van der Waals surface area (Å²) in [6, 6.07) is 33.8. The molecule has 0 fully saturated rings. The SMILES string of the molecule is COc1ccc(-c2ccnc(-c3ccc(OC)cc3C#N)n2)cc1.COc1ccc(-c2ccnc(-c3ccc(OC)cc3C#N)n2)cc1. The molecular formula is C38H30N6O4. The van der Waals surface area contributed by atoms with E-state index in [4.69, 9.17) is 18.9 Å². The van der Waals surface area contributed by atoms with Crippen molar-refractivity contribution in [2.75, 3.05) is 28.4 Å². The molecule has 0 aliphatic rings. The monoisotopic (exact) mass is 634 g/mol. The molecule has 0 saturated carbocycles. The molecule has 2 aromatic heterocycles. The predicted octanol–water partition coefficient (Wildman–Crippen LogP) is 7.40. The number of nitriles is 2. The number of hydrogen-bond acceptors (Lipinski definition) is 10. The van der Waals surface area contributed by atoms with E-state index in [-0.39, 0.29) is 0 Å². The fraction of sp³-hybridized carbons (Fsp3) is 0.105. The van der Waals surface area contributed by atoms with Crippen LogP contribution in [0.3, 0.4) is 0 Å². The summed E-state index contributed by atoms with van der Waals surface area (Å²) < 4.78 is 20.7. The van der Waals surface area contributed by atoms with E-state index in [0.29, 0.717) is 45.4 Å². The lowest BCUT2D eigenvalue weighted by Gasteiger charge is -2.08. The minimum atomic E-state index is 0.473. The van der Waals surface area contributed by atoms with Crippen molar-refractivity contribution in [2.24, 2.45) is 0 Å². The summed E-state index contributed by atoms with van der Waals surface area (Å²) in [5.41, 5.74) is 5.76. The molecule has 0 bridgehead atoms. The number of rotatable bonds is 8. The maximum atomic E-state index is 9.37. The van der Waals surface area contributed by atoms with Crippen molar-refractivity contribution in [2.45, 2.75) is 0 Å². The Labute approximate surface area is 278 Å². The van der Waals surface area contributed by atoms with Crippen molar-refractivity contribution in [3.8, 4) is 80.4 Å². The molecule has 2 heterocycles. The first kappa shape index (κ1) is 32.6. The Kier molecular flexibility index (Phi) is 10.5. The first-order chi connectivity index (χ1) is 23.5. The average molecular weight is 635 g/mol. The van der Waals surface area contributed by atoms with Gasteiger partial charge < -0.3 is 18.9 Å². The highest BCUT2D eigenvalue weighted by atomic mass is 16.5. The highest BCUT2D eigenvalue weighted by molar-refractivity contribution is 5.70. The number of aromatic nitrogens is 4. The van der Waals surface area contributed by atoms with Crippen LogP contribution in [0.4, 0.5) is 0 Å². The second kappa shape index (κ2) is 15.5. The van der Waals surface area contributed by atoms with E-state index in [1.165, 1.54) is 0 Å². The fourth-order valence-corrected chi connectivity index (χ4v) is 4.70. The molecule has 10 heteroatoms. The summed E-state index contributed by atoms with van der Waals surface area (Å²) in [5.74, 6) is 3.83. The zero-order valence-electron chi connectivity index (χ0n) is 26.7. The Balaban J connectivity index is 0.000000188. The number of methoxy groups -OCH3 is 4. The fourth-order valence-electron chi connectivity index (χ4n) is 4.70. The van der Waals surface area contributed by atoms with Gasteiger partial charge in [0.15, 0.2) is 11.6 Å². The summed E-state index contributed by atoms with van der Waals surface area (Å²) in [6.07, 6.45) is 3.38. The molecule has 6 aromatic rings. The van der Waals surface area contributed by atoms with Crippen molar-refractivity contribution in [1.82, 2.24) is 19.9 Å². The van der Waals surface area contributed by atoms with Crippen LogP contribution < -0.4 is 18.9 Å². The van der Waals surface area contributed by atoms with Crippen LogP contribution >= 0.6 is 0 Å². The summed E-state index contributed by atoms with van der Waals surface area (Å²) in [5, 5.41) is 18.7. The molecule has 0 aliphatic carbocycles. The maximum Gasteiger partial charge on any atom is 0.161 e. The standard InChI is InChI=1S/2C19H15N3O2/c2*1-23-15-5-3-13(4-6-15)18-9-10-21-19(22-18)17-8-7-16(24-2)11-14(17)12-20/h2*3-11H,1-2H3. The lowest BCUT2D eigenvalue weighted by molar-refractivity contribution is 0.414. The quantitative estimate of drug-likeness (QED) is 0.167. The molecule has 48 heavy (non-hydrogen) atoms. The van der Waals surface area contributed by atoms with E-state index in [0.717, 1.165) is 34.0 Å². The van der Waals surface area contributed by atoms with E-state index < -0.39 is 0 Å². The van der Waals surface area contributed by atoms with E-state index in [9.17, 15) is 10.5 Å². The van der Waals surface area contributed by atoms with Gasteiger partial charge in [0.25, 0.3) is 0 Å². The molecule has 0 amide bonds. The molecule has 0 radical (unpaired) electrons. The molecule has 0 N–H and O–H groups in total. The first-order valence-electron chi connectivity index (χ1n) is 14.6. The molecular weight excluding hydrogens is 604 g/mol. The van der Waals surface area contributed by atoms with Crippen molar-refractivity contribution >= 4 is 0 Å². The second-order valence-corrected chi connectivity index (χ2v) is 10.0. The minimum absolute atomic E-state index is 0.473. The zero-order valence-corrected chi connectivity index (χ0v) is 26.7. The lowest BCUT2D eigenvalue weighted by atomic mass is 10.1. The molecule has 0 spiro atoms. The Morgan fingerprint density at radius 3 is 1.15 bits per heavy atom. The van der Waals surface area contributed by atoms with Crippen LogP contribution in [-0.2, 0) is 0 Å². The van der Waals surface area contributed by atoms with E-state index in [2.05, 4.69) is 32.1 Å². The maximum absolute atomic E-state index is 9.37. The normalized spacial score (nSPS) is 10.0. The molecule has 236 valence electrons. The number of hydrogen-bond donors (Lipinski definition) is 0. The summed E-state index contributed by atoms with van der Waals surface area (Å²) in [4.78, 5) is 17.8. The van der Waals surface area contributed by atoms with Crippen LogP contribution in [0, 0.1) is 22.7 Å². The van der Waals surface area contributed by atoms with Gasteiger partial charge in [0.2, 0.25) is 0 Å². The highest BCUT2D eigenvalue weighted by Gasteiger charge is 2.12. The molecule has 10 nitrogen and oxygen atoms in total. The van der Waals surface area contributed by atoms with Crippen LogP contribution in [0.1, 0.15) is 11.1 Å². The number of benzene rings is 4. The van der Waals surface area contributed by atoms with Crippen molar-refractivity contribution in [1.29, 1.82) is 10.5 Å². The Hall–Kier alpha value is -6.78. The smallest absolute Gasteiger partial charge is 0.161 e. The van der Waals surface area contributed by atoms with Gasteiger partial charge in [-0.3, -0.25) is 0 Å². The van der Waals surface area contributed by atoms with Gasteiger partial charge in [0.1, 0.15) is 35.1 Å². The van der Waals surface area contributed by atoms with Gasteiger partial charge in [-0.2, -0.15) is 10.5 Å². The van der Waals surface area contributed by atoms with Gasteiger partial charge >= 0.3 is 0 Å². The van der Waals surface area contributed by atoms with E-state index in [1.807, 2.05) is 60.7 Å². The van der Waals surface area contributed by atoms with Crippen molar-refractivity contribution < 1.29 is 18.9 Å². The zero-order chi connectivity index (χ0) is 33.9. The van der Waals surface area contributed by atoms with E-state index in [1.54, 1.807) is 77.2 Å². The van der Waals surface area contributed by atoms with Gasteiger partial charge in [-0.25, -0.2) is 19.9 Å². The molecule has 4 aromatic carbocycles. The van der Waals surface area contributed by atoms with Gasteiger partial charge in [0, 0.05) is 34.6 Å². The highest BCUT2D eigenvalue weighted by Crippen LogP contribution is 2.29. The molecule has 0 unspecified atom stereocenters. The molecule has 6 rings (SSSR count). The van der Waals surface area contributed by atoms with Gasteiger partial charge in [-0.05, 0) is 97.1 Å². The number of ether oxygens (including phenoxy) is 4. The van der Waals surface area contributed by atoms with Crippen LogP contribution in [0.25, 0.3) is 45.3 Å². The Bertz CT molecular complexity index is 1950. The minimum Gasteiger partial charge on any atom is -0.497 e. The Morgan fingerprint density at radius 1 is 0.458 bits per heavy atom. The van der Waals surface area contributed by atoms with Crippen LogP contribution in [-0.4, -0.2) is 48.4 Å². The predicted molar refractivity (Wildman–Crippen MR) is 181 cm³/mol. The third-order valence-electron chi connectivity index (χ3n) is 7.26. The third kappa shape index (κ3) is 7.53. The molecule has 0 aliphatic heterocycles. The first-order valence-corrected chi connectivity index (χ1v) is 14.6. The Morgan fingerprint density at radius 2 is 0.812 bits per heavy atom. The molecule has 0 saturated heterocycles. The average Bonchev–Trinajstić information content (AvgIpc) is 3.17. The van der Waals surface area contributed by atoms with Crippen molar-refractivity contribution in [3.05, 3.63) is 121 Å². The molecule has 0 atom stereocenters. The third-order valence-corrected chi connectivity index (χ3v) is 7.26. The van der Waals surface area contributed by atoms with Crippen molar-refractivity contribution in [3.63, 3.8) is 0 Å². The van der Waals surface area contributed by atoms with Crippen LogP contribution in [0.2, 0.25) is 0 Å². The van der Waals surface area contributed by atoms with Gasteiger partial charge in [-0.15, -0.1) is 0 Å². The largest absolute Gasteiger partial charge is 0.497 e. The van der Waals surface area contributed by atoms with Gasteiger partial charge in [0.05, 0.1) is 51.0 Å². The summed E-state index contributed by atoms with van der Waals surface area (Å²) in [6.45, 7) is 0. The number of nitrogens with zero attached hydrogens (tertiary/aromatic N) is 6. The van der Waals surface area contributed by atoms with Gasteiger partial charge in [-0.1, -0.05) is 0 Å².